The predicted octanol–water partition coefficient (Wildman–Crippen LogP) is 3.86. The molecule has 2 aromatic rings. The van der Waals surface area contributed by atoms with Crippen LogP contribution in [0, 0.1) is 0 Å². The van der Waals surface area contributed by atoms with E-state index < -0.39 is 0 Å². The zero-order valence-corrected chi connectivity index (χ0v) is 10.5. The van der Waals surface area contributed by atoms with Gasteiger partial charge in [0.1, 0.15) is 0 Å². The van der Waals surface area contributed by atoms with Crippen molar-refractivity contribution in [1.82, 2.24) is 0 Å². The summed E-state index contributed by atoms with van der Waals surface area (Å²) in [6.07, 6.45) is 0. The second-order valence-corrected chi connectivity index (χ2v) is 3.72. The second-order valence-electron chi connectivity index (χ2n) is 3.28. The molecule has 2 aromatic carbocycles. The molecule has 0 atom stereocenters. The number of rotatable bonds is 2. The summed E-state index contributed by atoms with van der Waals surface area (Å²) in [6.45, 7) is 0. The molecule has 0 saturated heterocycles. The molecule has 0 aliphatic heterocycles. The van der Waals surface area contributed by atoms with Gasteiger partial charge >= 0.3 is 5.97 Å². The van der Waals surface area contributed by atoms with E-state index in [1.54, 1.807) is 29.1 Å². The monoisotopic (exact) mass is 324 g/mol. The summed E-state index contributed by atoms with van der Waals surface area (Å²) in [5.74, 6) is -0.319. The van der Waals surface area contributed by atoms with E-state index in [-0.39, 0.29) is 5.97 Å². The maximum absolute atomic E-state index is 11.6. The van der Waals surface area contributed by atoms with E-state index in [0.717, 1.165) is 11.1 Å². The lowest BCUT2D eigenvalue weighted by Crippen LogP contribution is -2.00. The van der Waals surface area contributed by atoms with Crippen LogP contribution >= 0.6 is 23.0 Å². The molecule has 0 amide bonds. The highest BCUT2D eigenvalue weighted by atomic mass is 127. The summed E-state index contributed by atoms with van der Waals surface area (Å²) in [5.41, 5.74) is 2.49. The molecular formula is C13H9IO2. The Morgan fingerprint density at radius 1 is 0.938 bits per heavy atom. The molecule has 2 nitrogen and oxygen atoms in total. The van der Waals surface area contributed by atoms with E-state index in [1.807, 2.05) is 48.5 Å². The third-order valence-corrected chi connectivity index (χ3v) is 2.70. The number of benzene rings is 2. The maximum atomic E-state index is 11.6. The first-order valence-corrected chi connectivity index (χ1v) is 5.68. The van der Waals surface area contributed by atoms with Gasteiger partial charge in [-0.25, -0.2) is 4.79 Å². The van der Waals surface area contributed by atoms with E-state index >= 15 is 0 Å². The molecular weight excluding hydrogens is 315 g/mol. The number of hydrogen-bond acceptors (Lipinski definition) is 2. The molecule has 3 heteroatoms. The first kappa shape index (κ1) is 11.1. The molecule has 0 aromatic heterocycles. The molecule has 0 heterocycles. The van der Waals surface area contributed by atoms with Crippen LogP contribution in [-0.4, -0.2) is 5.97 Å². The van der Waals surface area contributed by atoms with Gasteiger partial charge in [-0.1, -0.05) is 48.5 Å². The predicted molar refractivity (Wildman–Crippen MR) is 71.3 cm³/mol. The Balaban J connectivity index is 2.53. The molecule has 0 N–H and O–H groups in total. The summed E-state index contributed by atoms with van der Waals surface area (Å²) in [5, 5.41) is 0. The lowest BCUT2D eigenvalue weighted by atomic mass is 10.00. The fraction of sp³-hybridized carbons (Fsp3) is 0. The minimum atomic E-state index is -0.319. The van der Waals surface area contributed by atoms with Gasteiger partial charge in [-0.2, -0.15) is 0 Å². The SMILES string of the molecule is O=C(OI)c1ccccc1-c1ccccc1. The van der Waals surface area contributed by atoms with Crippen LogP contribution in [0.3, 0.4) is 0 Å². The molecule has 0 saturated carbocycles. The van der Waals surface area contributed by atoms with Gasteiger partial charge in [-0.15, -0.1) is 0 Å². The number of hydrogen-bond donors (Lipinski definition) is 0. The van der Waals surface area contributed by atoms with Gasteiger partial charge < -0.3 is 3.07 Å². The van der Waals surface area contributed by atoms with Crippen molar-refractivity contribution in [2.75, 3.05) is 0 Å². The van der Waals surface area contributed by atoms with Crippen LogP contribution < -0.4 is 0 Å². The van der Waals surface area contributed by atoms with E-state index in [1.165, 1.54) is 0 Å². The fourth-order valence-corrected chi connectivity index (χ4v) is 1.81. The molecule has 0 aliphatic rings. The van der Waals surface area contributed by atoms with Crippen LogP contribution in [0.25, 0.3) is 11.1 Å². The second kappa shape index (κ2) is 5.12. The molecule has 0 aliphatic carbocycles. The number of carbonyl (C=O) groups is 1. The summed E-state index contributed by atoms with van der Waals surface area (Å²) in [7, 11) is 0. The van der Waals surface area contributed by atoms with Gasteiger partial charge in [-0.3, -0.25) is 0 Å². The fourth-order valence-electron chi connectivity index (χ4n) is 1.57. The van der Waals surface area contributed by atoms with Crippen LogP contribution in [0.4, 0.5) is 0 Å². The molecule has 0 unspecified atom stereocenters. The highest BCUT2D eigenvalue weighted by molar-refractivity contribution is 14.1. The minimum absolute atomic E-state index is 0.319. The Kier molecular flexibility index (Phi) is 3.56. The molecule has 0 radical (unpaired) electrons. The average molecular weight is 324 g/mol. The Morgan fingerprint density at radius 2 is 1.56 bits per heavy atom. The summed E-state index contributed by atoms with van der Waals surface area (Å²) < 4.78 is 4.73. The van der Waals surface area contributed by atoms with Gasteiger partial charge in [0.25, 0.3) is 0 Å². The molecule has 16 heavy (non-hydrogen) atoms. The maximum Gasteiger partial charge on any atom is 0.348 e. The normalized spacial score (nSPS) is 9.81. The quantitative estimate of drug-likeness (QED) is 0.784. The molecule has 80 valence electrons. The smallest absolute Gasteiger partial charge is 0.348 e. The molecule has 0 spiro atoms. The van der Waals surface area contributed by atoms with Crippen LogP contribution in [0.5, 0.6) is 0 Å². The van der Waals surface area contributed by atoms with Crippen molar-refractivity contribution in [3.05, 3.63) is 60.2 Å². The van der Waals surface area contributed by atoms with Gasteiger partial charge in [0, 0.05) is 0 Å². The lowest BCUT2D eigenvalue weighted by Gasteiger charge is -2.06. The zero-order chi connectivity index (χ0) is 11.4. The van der Waals surface area contributed by atoms with E-state index in [0.29, 0.717) is 5.56 Å². The van der Waals surface area contributed by atoms with Crippen molar-refractivity contribution >= 4 is 29.0 Å². The van der Waals surface area contributed by atoms with Crippen molar-refractivity contribution in [2.24, 2.45) is 0 Å². The number of carbonyl (C=O) groups excluding carboxylic acids is 1. The lowest BCUT2D eigenvalue weighted by molar-refractivity contribution is 0.0801. The van der Waals surface area contributed by atoms with E-state index in [9.17, 15) is 4.79 Å². The van der Waals surface area contributed by atoms with Crippen LogP contribution in [0.2, 0.25) is 0 Å². The summed E-state index contributed by atoms with van der Waals surface area (Å²) in [4.78, 5) is 11.6. The van der Waals surface area contributed by atoms with Crippen molar-refractivity contribution in [2.45, 2.75) is 0 Å². The Bertz CT molecular complexity index is 494. The molecule has 2 rings (SSSR count). The van der Waals surface area contributed by atoms with Gasteiger partial charge in [0.2, 0.25) is 0 Å². The first-order valence-electron chi connectivity index (χ1n) is 4.80. The highest BCUT2D eigenvalue weighted by Crippen LogP contribution is 2.24. The largest absolute Gasteiger partial charge is 0.391 e. The van der Waals surface area contributed by atoms with Crippen molar-refractivity contribution in [3.63, 3.8) is 0 Å². The van der Waals surface area contributed by atoms with Crippen LogP contribution in [0.15, 0.2) is 54.6 Å². The van der Waals surface area contributed by atoms with Gasteiger partial charge in [-0.05, 0) is 17.2 Å². The Hall–Kier alpha value is -1.36. The summed E-state index contributed by atoms with van der Waals surface area (Å²) >= 11 is 1.60. The van der Waals surface area contributed by atoms with Crippen molar-refractivity contribution < 1.29 is 7.86 Å². The van der Waals surface area contributed by atoms with E-state index in [2.05, 4.69) is 0 Å². The zero-order valence-electron chi connectivity index (χ0n) is 8.39. The van der Waals surface area contributed by atoms with Crippen LogP contribution in [-0.2, 0) is 3.07 Å². The first-order chi connectivity index (χ1) is 7.83. The summed E-state index contributed by atoms with van der Waals surface area (Å²) in [6, 6.07) is 17.2. The van der Waals surface area contributed by atoms with Gasteiger partial charge in [0.05, 0.1) is 5.56 Å². The standard InChI is InChI=1S/C13H9IO2/c14-16-13(15)12-9-5-4-8-11(12)10-6-2-1-3-7-10/h1-9H. The topological polar surface area (TPSA) is 26.3 Å². The van der Waals surface area contributed by atoms with Crippen molar-refractivity contribution in [1.29, 1.82) is 0 Å². The highest BCUT2D eigenvalue weighted by Gasteiger charge is 2.12. The van der Waals surface area contributed by atoms with Crippen molar-refractivity contribution in [3.8, 4) is 11.1 Å². The molecule has 0 fully saturated rings. The Labute approximate surface area is 108 Å². The van der Waals surface area contributed by atoms with Crippen LogP contribution in [0.1, 0.15) is 10.4 Å². The number of halogens is 1. The third kappa shape index (κ3) is 2.24. The Morgan fingerprint density at radius 3 is 2.25 bits per heavy atom. The van der Waals surface area contributed by atoms with E-state index in [4.69, 9.17) is 3.07 Å². The third-order valence-electron chi connectivity index (χ3n) is 2.30. The minimum Gasteiger partial charge on any atom is -0.391 e. The molecule has 0 bridgehead atoms. The van der Waals surface area contributed by atoms with Gasteiger partial charge in [0.15, 0.2) is 23.0 Å². The average Bonchev–Trinajstić information content (AvgIpc) is 2.39.